The minimum atomic E-state index is 0.141. The normalized spacial score (nSPS) is 18.4. The summed E-state index contributed by atoms with van der Waals surface area (Å²) >= 11 is 0. The van der Waals surface area contributed by atoms with E-state index in [1.54, 1.807) is 6.33 Å². The largest absolute Gasteiger partial charge is 0.351 e. The van der Waals surface area contributed by atoms with Gasteiger partial charge in [-0.15, -0.1) is 0 Å². The van der Waals surface area contributed by atoms with Gasteiger partial charge in [-0.2, -0.15) is 10.3 Å². The predicted octanol–water partition coefficient (Wildman–Crippen LogP) is 2.53. The van der Waals surface area contributed by atoms with Crippen molar-refractivity contribution in [3.63, 3.8) is 0 Å². The average Bonchev–Trinajstić information content (AvgIpc) is 3.37. The van der Waals surface area contributed by atoms with Crippen molar-refractivity contribution in [2.24, 2.45) is 10.3 Å². The number of hydroxylamine groups is 1. The first-order chi connectivity index (χ1) is 15.8. The van der Waals surface area contributed by atoms with Crippen LogP contribution in [0.3, 0.4) is 0 Å². The molecule has 0 aliphatic carbocycles. The SMILES string of the molecule is CC.O=C(CCCON1C/C=C\C=C/CN=N1)N1CCN(c2ncnc3nc[nH]c23)CC1. The highest BCUT2D eigenvalue weighted by atomic mass is 16.7. The Morgan fingerprint density at radius 2 is 1.91 bits per heavy atom. The van der Waals surface area contributed by atoms with Crippen molar-refractivity contribution in [1.82, 2.24) is 30.0 Å². The van der Waals surface area contributed by atoms with Crippen LogP contribution in [0.4, 0.5) is 5.82 Å². The number of anilines is 1. The fourth-order valence-corrected chi connectivity index (χ4v) is 3.35. The summed E-state index contributed by atoms with van der Waals surface area (Å²) in [5, 5.41) is 9.48. The number of nitrogens with one attached hydrogen (secondary N) is 1. The van der Waals surface area contributed by atoms with Gasteiger partial charge in [0.15, 0.2) is 11.5 Å². The molecule has 0 spiro atoms. The van der Waals surface area contributed by atoms with E-state index in [1.807, 2.05) is 43.1 Å². The van der Waals surface area contributed by atoms with E-state index in [2.05, 4.69) is 35.2 Å². The Morgan fingerprint density at radius 1 is 1.09 bits per heavy atom. The van der Waals surface area contributed by atoms with Crippen molar-refractivity contribution in [1.29, 1.82) is 0 Å². The van der Waals surface area contributed by atoms with E-state index < -0.39 is 0 Å². The number of amides is 1. The number of carbonyl (C=O) groups excluding carboxylic acids is 1. The Kier molecular flexibility index (Phi) is 9.11. The molecule has 0 atom stereocenters. The number of H-pyrrole nitrogens is 1. The third kappa shape index (κ3) is 6.33. The summed E-state index contributed by atoms with van der Waals surface area (Å²) in [5.74, 6) is 0.975. The maximum atomic E-state index is 12.5. The molecule has 172 valence electrons. The third-order valence-electron chi connectivity index (χ3n) is 4.91. The van der Waals surface area contributed by atoms with Gasteiger partial charge in [-0.3, -0.25) is 9.63 Å². The predicted molar refractivity (Wildman–Crippen MR) is 122 cm³/mol. The first-order valence-electron chi connectivity index (χ1n) is 11.1. The van der Waals surface area contributed by atoms with E-state index in [0.717, 1.165) is 24.4 Å². The zero-order valence-electron chi connectivity index (χ0n) is 18.7. The number of fused-ring (bicyclic) bond motifs is 1. The van der Waals surface area contributed by atoms with Crippen molar-refractivity contribution in [2.45, 2.75) is 26.7 Å². The van der Waals surface area contributed by atoms with Crippen LogP contribution in [0.1, 0.15) is 26.7 Å². The second-order valence-electron chi connectivity index (χ2n) is 6.91. The van der Waals surface area contributed by atoms with Crippen LogP contribution in [0.5, 0.6) is 0 Å². The summed E-state index contributed by atoms with van der Waals surface area (Å²) in [5.41, 5.74) is 1.48. The number of allylic oxidation sites excluding steroid dienone is 2. The van der Waals surface area contributed by atoms with E-state index in [4.69, 9.17) is 4.84 Å². The molecule has 2 aromatic heterocycles. The van der Waals surface area contributed by atoms with Crippen LogP contribution in [0.2, 0.25) is 0 Å². The summed E-state index contributed by atoms with van der Waals surface area (Å²) in [6.45, 7) is 8.25. The lowest BCUT2D eigenvalue weighted by molar-refractivity contribution is -0.160. The number of rotatable bonds is 6. The Hall–Kier alpha value is -3.34. The van der Waals surface area contributed by atoms with Crippen molar-refractivity contribution in [3.05, 3.63) is 37.0 Å². The fraction of sp³-hybridized carbons (Fsp3) is 0.524. The Morgan fingerprint density at radius 3 is 2.75 bits per heavy atom. The van der Waals surface area contributed by atoms with Crippen molar-refractivity contribution >= 4 is 22.9 Å². The molecule has 2 aliphatic rings. The van der Waals surface area contributed by atoms with E-state index >= 15 is 0 Å². The van der Waals surface area contributed by atoms with Crippen LogP contribution in [0.25, 0.3) is 11.2 Å². The minimum Gasteiger partial charge on any atom is -0.351 e. The van der Waals surface area contributed by atoms with Gasteiger partial charge in [0.25, 0.3) is 0 Å². The van der Waals surface area contributed by atoms with Gasteiger partial charge in [-0.1, -0.05) is 38.2 Å². The van der Waals surface area contributed by atoms with Crippen LogP contribution in [-0.4, -0.2) is 81.8 Å². The van der Waals surface area contributed by atoms with Gasteiger partial charge in [0.1, 0.15) is 11.8 Å². The number of nitrogens with zero attached hydrogens (tertiary/aromatic N) is 8. The van der Waals surface area contributed by atoms with Crippen molar-refractivity contribution < 1.29 is 9.63 Å². The van der Waals surface area contributed by atoms with E-state index in [9.17, 15) is 4.79 Å². The Bertz CT molecular complexity index is 932. The van der Waals surface area contributed by atoms with Crippen LogP contribution < -0.4 is 4.90 Å². The molecule has 0 bridgehead atoms. The molecule has 1 fully saturated rings. The maximum absolute atomic E-state index is 12.5. The fourth-order valence-electron chi connectivity index (χ4n) is 3.35. The van der Waals surface area contributed by atoms with Gasteiger partial charge in [0, 0.05) is 32.6 Å². The number of imidazole rings is 1. The number of aromatic amines is 1. The summed E-state index contributed by atoms with van der Waals surface area (Å²) < 4.78 is 0. The van der Waals surface area contributed by atoms with E-state index in [1.165, 1.54) is 11.5 Å². The van der Waals surface area contributed by atoms with Crippen LogP contribution in [-0.2, 0) is 9.63 Å². The molecule has 0 radical (unpaired) electrons. The molecule has 0 unspecified atom stereocenters. The standard InChI is InChI=1S/C19H25N9O2.C2H6/c29-16(6-5-13-30-28-8-4-2-1-3-7-24-25-28)26-9-11-27(12-10-26)19-17-18(21-14-20-17)22-15-23-19;1-2/h1-4,14-15H,5-13H2,(H,20,21,22,23);1-2H3/b3-1-,4-2-,25-24?;. The lowest BCUT2D eigenvalue weighted by Crippen LogP contribution is -2.49. The molecular weight excluding hydrogens is 410 g/mol. The zero-order valence-corrected chi connectivity index (χ0v) is 18.7. The zero-order chi connectivity index (χ0) is 22.6. The molecule has 11 nitrogen and oxygen atoms in total. The molecule has 4 rings (SSSR count). The topological polar surface area (TPSA) is 115 Å². The van der Waals surface area contributed by atoms with E-state index in [-0.39, 0.29) is 5.91 Å². The quantitative estimate of drug-likeness (QED) is 0.685. The molecule has 2 aromatic rings. The monoisotopic (exact) mass is 441 g/mol. The van der Waals surface area contributed by atoms with Gasteiger partial charge in [-0.25, -0.2) is 15.0 Å². The molecule has 11 heteroatoms. The second-order valence-corrected chi connectivity index (χ2v) is 6.91. The summed E-state index contributed by atoms with van der Waals surface area (Å²) in [6, 6.07) is 0. The van der Waals surface area contributed by atoms with E-state index in [0.29, 0.717) is 51.3 Å². The molecule has 0 saturated carbocycles. The van der Waals surface area contributed by atoms with Gasteiger partial charge < -0.3 is 14.8 Å². The molecule has 4 heterocycles. The first kappa shape index (κ1) is 23.3. The lowest BCUT2D eigenvalue weighted by Gasteiger charge is -2.35. The van der Waals surface area contributed by atoms with Gasteiger partial charge in [0.2, 0.25) is 5.91 Å². The Labute approximate surface area is 187 Å². The summed E-state index contributed by atoms with van der Waals surface area (Å²) in [4.78, 5) is 38.0. The van der Waals surface area contributed by atoms with Gasteiger partial charge >= 0.3 is 0 Å². The van der Waals surface area contributed by atoms with Crippen LogP contribution >= 0.6 is 0 Å². The first-order valence-corrected chi connectivity index (χ1v) is 11.1. The van der Waals surface area contributed by atoms with Crippen molar-refractivity contribution in [3.8, 4) is 0 Å². The average molecular weight is 442 g/mol. The summed E-state index contributed by atoms with van der Waals surface area (Å²) in [6.07, 6.45) is 12.0. The van der Waals surface area contributed by atoms with Gasteiger partial charge in [-0.05, 0) is 11.6 Å². The summed E-state index contributed by atoms with van der Waals surface area (Å²) in [7, 11) is 0. The molecule has 32 heavy (non-hydrogen) atoms. The molecule has 1 amide bonds. The van der Waals surface area contributed by atoms with Gasteiger partial charge in [0.05, 0.1) is 26.0 Å². The number of carbonyl (C=O) groups is 1. The second kappa shape index (κ2) is 12.5. The minimum absolute atomic E-state index is 0.141. The third-order valence-corrected chi connectivity index (χ3v) is 4.91. The smallest absolute Gasteiger partial charge is 0.222 e. The molecule has 0 aromatic carbocycles. The number of aromatic nitrogens is 4. The number of hydrogen-bond donors (Lipinski definition) is 1. The molecule has 1 saturated heterocycles. The van der Waals surface area contributed by atoms with Crippen LogP contribution in [0.15, 0.2) is 47.3 Å². The highest BCUT2D eigenvalue weighted by Gasteiger charge is 2.23. The van der Waals surface area contributed by atoms with Crippen LogP contribution in [0, 0.1) is 0 Å². The highest BCUT2D eigenvalue weighted by Crippen LogP contribution is 2.21. The molecular formula is C21H31N9O2. The number of piperazine rings is 1. The van der Waals surface area contributed by atoms with Crippen molar-refractivity contribution in [2.75, 3.05) is 50.8 Å². The number of hydrogen-bond acceptors (Lipinski definition) is 9. The molecule has 1 N–H and O–H groups in total. The highest BCUT2D eigenvalue weighted by molar-refractivity contribution is 5.83. The lowest BCUT2D eigenvalue weighted by atomic mass is 10.2. The maximum Gasteiger partial charge on any atom is 0.222 e. The Balaban J connectivity index is 0.00000141. The molecule has 2 aliphatic heterocycles.